The maximum atomic E-state index is 13.5. The van der Waals surface area contributed by atoms with Gasteiger partial charge in [-0.15, -0.1) is 0 Å². The highest BCUT2D eigenvalue weighted by Gasteiger charge is 2.20. The number of H-pyrrole nitrogens is 1. The van der Waals surface area contributed by atoms with Gasteiger partial charge in [0.2, 0.25) is 0 Å². The minimum Gasteiger partial charge on any atom is -0.380 e. The molecule has 1 atom stereocenters. The summed E-state index contributed by atoms with van der Waals surface area (Å²) in [5.74, 6) is -0.121. The van der Waals surface area contributed by atoms with E-state index in [1.165, 1.54) is 6.07 Å². The van der Waals surface area contributed by atoms with Gasteiger partial charge in [0.1, 0.15) is 5.82 Å². The van der Waals surface area contributed by atoms with Gasteiger partial charge < -0.3 is 14.3 Å². The van der Waals surface area contributed by atoms with E-state index in [1.807, 2.05) is 11.5 Å². The first kappa shape index (κ1) is 15.5. The SMILES string of the molecule is CCOCC(C(C)C)n1c(=S)[nH]c2cc(F)c(Cl)cc21. The van der Waals surface area contributed by atoms with Crippen LogP contribution in [0.3, 0.4) is 0 Å². The van der Waals surface area contributed by atoms with Gasteiger partial charge in [-0.05, 0) is 31.1 Å². The molecule has 0 amide bonds. The lowest BCUT2D eigenvalue weighted by molar-refractivity contribution is 0.0974. The summed E-state index contributed by atoms with van der Waals surface area (Å²) in [6.07, 6.45) is 0. The van der Waals surface area contributed by atoms with E-state index in [-0.39, 0.29) is 11.1 Å². The number of imidazole rings is 1. The number of benzene rings is 1. The van der Waals surface area contributed by atoms with Gasteiger partial charge in [-0.2, -0.15) is 0 Å². The molecular formula is C14H18ClFN2OS. The largest absolute Gasteiger partial charge is 0.380 e. The van der Waals surface area contributed by atoms with Crippen LogP contribution in [0, 0.1) is 16.5 Å². The van der Waals surface area contributed by atoms with Gasteiger partial charge in [-0.25, -0.2) is 4.39 Å². The van der Waals surface area contributed by atoms with E-state index in [1.54, 1.807) is 6.07 Å². The Morgan fingerprint density at radius 1 is 1.45 bits per heavy atom. The smallest absolute Gasteiger partial charge is 0.178 e. The Bertz CT molecular complexity index is 665. The van der Waals surface area contributed by atoms with Crippen molar-refractivity contribution in [3.05, 3.63) is 27.7 Å². The number of nitrogens with zero attached hydrogens (tertiary/aromatic N) is 1. The summed E-state index contributed by atoms with van der Waals surface area (Å²) >= 11 is 11.3. The fourth-order valence-corrected chi connectivity index (χ4v) is 2.76. The van der Waals surface area contributed by atoms with E-state index >= 15 is 0 Å². The average Bonchev–Trinajstić information content (AvgIpc) is 2.67. The number of hydrogen-bond donors (Lipinski definition) is 1. The average molecular weight is 317 g/mol. The lowest BCUT2D eigenvalue weighted by Crippen LogP contribution is -2.21. The fourth-order valence-electron chi connectivity index (χ4n) is 2.25. The first-order valence-corrected chi connectivity index (χ1v) is 7.41. The van der Waals surface area contributed by atoms with Gasteiger partial charge in [0, 0.05) is 12.7 Å². The molecule has 0 aliphatic rings. The van der Waals surface area contributed by atoms with Crippen LogP contribution in [0.5, 0.6) is 0 Å². The van der Waals surface area contributed by atoms with E-state index in [0.717, 1.165) is 5.52 Å². The molecule has 2 rings (SSSR count). The van der Waals surface area contributed by atoms with Crippen LogP contribution >= 0.6 is 23.8 Å². The number of aromatic amines is 1. The van der Waals surface area contributed by atoms with Crippen LogP contribution in [-0.4, -0.2) is 22.8 Å². The van der Waals surface area contributed by atoms with Crippen LogP contribution in [0.15, 0.2) is 12.1 Å². The summed E-state index contributed by atoms with van der Waals surface area (Å²) in [6.45, 7) is 7.38. The van der Waals surface area contributed by atoms with Crippen LogP contribution < -0.4 is 0 Å². The van der Waals surface area contributed by atoms with Crippen molar-refractivity contribution in [1.82, 2.24) is 9.55 Å². The Balaban J connectivity index is 2.59. The molecular weight excluding hydrogens is 299 g/mol. The standard InChI is InChI=1S/C14H18ClFN2OS/c1-4-19-7-13(8(2)3)18-12-5-9(15)10(16)6-11(12)17-14(18)20/h5-6,8,13H,4,7H2,1-3H3,(H,17,20). The lowest BCUT2D eigenvalue weighted by Gasteiger charge is -2.23. The summed E-state index contributed by atoms with van der Waals surface area (Å²) in [4.78, 5) is 3.03. The number of hydrogen-bond acceptors (Lipinski definition) is 2. The third kappa shape index (κ3) is 2.90. The molecule has 2 aromatic rings. The van der Waals surface area contributed by atoms with Gasteiger partial charge >= 0.3 is 0 Å². The molecule has 1 unspecified atom stereocenters. The summed E-state index contributed by atoms with van der Waals surface area (Å²) in [5.41, 5.74) is 1.46. The lowest BCUT2D eigenvalue weighted by atomic mass is 10.0. The fraction of sp³-hybridized carbons (Fsp3) is 0.500. The van der Waals surface area contributed by atoms with Gasteiger partial charge in [0.25, 0.3) is 0 Å². The van der Waals surface area contributed by atoms with Gasteiger partial charge in [-0.1, -0.05) is 25.4 Å². The molecule has 1 N–H and O–H groups in total. The minimum absolute atomic E-state index is 0.0812. The highest BCUT2D eigenvalue weighted by atomic mass is 35.5. The molecule has 0 radical (unpaired) electrons. The molecule has 0 aliphatic heterocycles. The Kier molecular flexibility index (Phi) is 4.83. The normalized spacial score (nSPS) is 13.3. The predicted octanol–water partition coefficient (Wildman–Crippen LogP) is 4.72. The monoisotopic (exact) mass is 316 g/mol. The second-order valence-corrected chi connectivity index (χ2v) is 5.85. The molecule has 110 valence electrons. The highest BCUT2D eigenvalue weighted by molar-refractivity contribution is 7.71. The highest BCUT2D eigenvalue weighted by Crippen LogP contribution is 2.28. The number of halogens is 2. The first-order chi connectivity index (χ1) is 9.45. The third-order valence-corrected chi connectivity index (χ3v) is 3.94. The predicted molar refractivity (Wildman–Crippen MR) is 82.5 cm³/mol. The molecule has 0 saturated carbocycles. The Hall–Kier alpha value is -0.910. The van der Waals surface area contributed by atoms with E-state index in [2.05, 4.69) is 18.8 Å². The summed E-state index contributed by atoms with van der Waals surface area (Å²) in [7, 11) is 0. The second-order valence-electron chi connectivity index (χ2n) is 5.05. The number of ether oxygens (including phenoxy) is 1. The topological polar surface area (TPSA) is 29.9 Å². The van der Waals surface area contributed by atoms with E-state index in [4.69, 9.17) is 28.6 Å². The number of aromatic nitrogens is 2. The van der Waals surface area contributed by atoms with E-state index < -0.39 is 5.82 Å². The molecule has 0 bridgehead atoms. The first-order valence-electron chi connectivity index (χ1n) is 6.62. The molecule has 0 fully saturated rings. The molecule has 3 nitrogen and oxygen atoms in total. The van der Waals surface area contributed by atoms with Crippen molar-refractivity contribution in [3.63, 3.8) is 0 Å². The zero-order valence-corrected chi connectivity index (χ0v) is 13.3. The summed E-state index contributed by atoms with van der Waals surface area (Å²) in [6, 6.07) is 3.07. The molecule has 20 heavy (non-hydrogen) atoms. The van der Waals surface area contributed by atoms with Crippen molar-refractivity contribution in [1.29, 1.82) is 0 Å². The molecule has 1 heterocycles. The number of rotatable bonds is 5. The zero-order chi connectivity index (χ0) is 14.9. The maximum absolute atomic E-state index is 13.5. The van der Waals surface area contributed by atoms with Crippen molar-refractivity contribution in [3.8, 4) is 0 Å². The van der Waals surface area contributed by atoms with Gasteiger partial charge in [0.15, 0.2) is 4.77 Å². The van der Waals surface area contributed by atoms with Gasteiger partial charge in [-0.3, -0.25) is 0 Å². The second kappa shape index (κ2) is 6.24. The van der Waals surface area contributed by atoms with Crippen LogP contribution in [0.1, 0.15) is 26.8 Å². The quantitative estimate of drug-likeness (QED) is 0.808. The molecule has 1 aromatic heterocycles. The molecule has 0 aliphatic carbocycles. The van der Waals surface area contributed by atoms with Crippen molar-refractivity contribution in [2.75, 3.05) is 13.2 Å². The Morgan fingerprint density at radius 2 is 2.15 bits per heavy atom. The van der Waals surface area contributed by atoms with Crippen molar-refractivity contribution < 1.29 is 9.13 Å². The molecule has 6 heteroatoms. The van der Waals surface area contributed by atoms with Crippen LogP contribution in [0.4, 0.5) is 4.39 Å². The van der Waals surface area contributed by atoms with E-state index in [0.29, 0.717) is 29.4 Å². The van der Waals surface area contributed by atoms with Gasteiger partial charge in [0.05, 0.1) is 28.7 Å². The number of nitrogens with one attached hydrogen (secondary N) is 1. The summed E-state index contributed by atoms with van der Waals surface area (Å²) in [5, 5.41) is 0.0965. The van der Waals surface area contributed by atoms with Crippen LogP contribution in [0.2, 0.25) is 5.02 Å². The Morgan fingerprint density at radius 3 is 2.75 bits per heavy atom. The maximum Gasteiger partial charge on any atom is 0.178 e. The van der Waals surface area contributed by atoms with Crippen molar-refractivity contribution in [2.45, 2.75) is 26.8 Å². The summed E-state index contributed by atoms with van der Waals surface area (Å²) < 4.78 is 21.6. The van der Waals surface area contributed by atoms with Crippen LogP contribution in [-0.2, 0) is 4.74 Å². The Labute approximate surface area is 127 Å². The van der Waals surface area contributed by atoms with Crippen molar-refractivity contribution >= 4 is 34.9 Å². The third-order valence-electron chi connectivity index (χ3n) is 3.35. The zero-order valence-electron chi connectivity index (χ0n) is 11.7. The van der Waals surface area contributed by atoms with Crippen molar-refractivity contribution in [2.24, 2.45) is 5.92 Å². The molecule has 1 aromatic carbocycles. The van der Waals surface area contributed by atoms with Crippen LogP contribution in [0.25, 0.3) is 11.0 Å². The van der Waals surface area contributed by atoms with E-state index in [9.17, 15) is 4.39 Å². The number of fused-ring (bicyclic) bond motifs is 1. The molecule has 0 saturated heterocycles. The minimum atomic E-state index is -0.450. The molecule has 0 spiro atoms.